The van der Waals surface area contributed by atoms with Crippen molar-refractivity contribution < 1.29 is 41.8 Å². The monoisotopic (exact) mass is 495 g/mol. The van der Waals surface area contributed by atoms with Crippen molar-refractivity contribution in [3.8, 4) is 11.1 Å². The molecule has 0 radical (unpaired) electrons. The first-order valence-corrected chi connectivity index (χ1v) is 10.5. The Labute approximate surface area is 196 Å². The molecule has 2 N–H and O–H groups in total. The van der Waals surface area contributed by atoms with E-state index in [0.717, 1.165) is 12.3 Å². The number of aliphatic carboxylic acids is 1. The highest BCUT2D eigenvalue weighted by Gasteiger charge is 2.37. The molecule has 2 amide bonds. The maximum Gasteiger partial charge on any atom is 0.433 e. The summed E-state index contributed by atoms with van der Waals surface area (Å²) in [5.41, 5.74) is 0.585. The molecule has 2 atom stereocenters. The lowest BCUT2D eigenvalue weighted by Crippen LogP contribution is -2.52. The van der Waals surface area contributed by atoms with E-state index in [-0.39, 0.29) is 18.5 Å². The first kappa shape index (κ1) is 25.8. The number of hydrogen-bond acceptors (Lipinski definition) is 5. The van der Waals surface area contributed by atoms with Gasteiger partial charge < -0.3 is 15.3 Å². The first-order valence-electron chi connectivity index (χ1n) is 10.5. The minimum atomic E-state index is -4.58. The van der Waals surface area contributed by atoms with Crippen LogP contribution in [-0.2, 0) is 27.1 Å². The van der Waals surface area contributed by atoms with Crippen LogP contribution in [0.15, 0.2) is 36.5 Å². The molecule has 1 aromatic heterocycles. The van der Waals surface area contributed by atoms with Gasteiger partial charge in [-0.2, -0.15) is 13.2 Å². The van der Waals surface area contributed by atoms with Crippen molar-refractivity contribution >= 4 is 23.6 Å². The number of nitrogens with one attached hydrogen (secondary N) is 1. The zero-order chi connectivity index (χ0) is 25.9. The van der Waals surface area contributed by atoms with Gasteiger partial charge in [-0.15, -0.1) is 0 Å². The number of alkyl halides is 4. The highest BCUT2D eigenvalue weighted by atomic mass is 19.4. The van der Waals surface area contributed by atoms with Crippen molar-refractivity contribution in [2.45, 2.75) is 44.6 Å². The Hall–Kier alpha value is -3.83. The van der Waals surface area contributed by atoms with Crippen LogP contribution in [0.1, 0.15) is 41.4 Å². The fraction of sp³-hybridized carbons (Fsp3) is 0.348. The third-order valence-electron chi connectivity index (χ3n) is 5.61. The molecule has 2 aromatic rings. The number of carboxylic acids is 1. The van der Waals surface area contributed by atoms with E-state index in [1.54, 1.807) is 19.1 Å². The van der Waals surface area contributed by atoms with Gasteiger partial charge in [0.25, 0.3) is 5.91 Å². The largest absolute Gasteiger partial charge is 0.481 e. The second kappa shape index (κ2) is 10.2. The summed E-state index contributed by atoms with van der Waals surface area (Å²) in [7, 11) is 0. The van der Waals surface area contributed by atoms with Crippen LogP contribution in [0, 0.1) is 0 Å². The number of carbonyl (C=O) groups excluding carboxylic acids is 3. The standard InChI is InChI=1S/C23H21F4N3O5/c1-2-17(21(34)29-16(8-20(32)33)18(31)9-24)30-11-14-4-3-12(7-15(14)22(30)35)13-5-6-19(28-10-13)23(25,26)27/h3-7,10,16-17H,2,8-9,11H2,1H3,(H,29,34)(H,32,33). The molecule has 1 aliphatic rings. The van der Waals surface area contributed by atoms with Gasteiger partial charge in [-0.1, -0.05) is 25.1 Å². The first-order chi connectivity index (χ1) is 16.5. The van der Waals surface area contributed by atoms with Crippen LogP contribution >= 0.6 is 0 Å². The highest BCUT2D eigenvalue weighted by molar-refractivity contribution is 6.02. The molecule has 35 heavy (non-hydrogen) atoms. The summed E-state index contributed by atoms with van der Waals surface area (Å²) in [6.07, 6.45) is -4.20. The molecular weight excluding hydrogens is 474 g/mol. The molecule has 8 nitrogen and oxygen atoms in total. The number of carbonyl (C=O) groups is 4. The van der Waals surface area contributed by atoms with E-state index in [9.17, 15) is 36.7 Å². The molecule has 186 valence electrons. The second-order valence-electron chi connectivity index (χ2n) is 7.92. The molecule has 0 spiro atoms. The molecule has 0 saturated carbocycles. The summed E-state index contributed by atoms with van der Waals surface area (Å²) in [5, 5.41) is 11.2. The van der Waals surface area contributed by atoms with Crippen LogP contribution in [0.5, 0.6) is 0 Å². The van der Waals surface area contributed by atoms with Crippen molar-refractivity contribution in [3.05, 3.63) is 53.3 Å². The Bertz CT molecular complexity index is 1150. The number of hydrogen-bond donors (Lipinski definition) is 2. The van der Waals surface area contributed by atoms with Gasteiger partial charge >= 0.3 is 12.1 Å². The van der Waals surface area contributed by atoms with E-state index in [4.69, 9.17) is 5.11 Å². The second-order valence-corrected chi connectivity index (χ2v) is 7.92. The molecule has 2 heterocycles. The summed E-state index contributed by atoms with van der Waals surface area (Å²) < 4.78 is 51.1. The van der Waals surface area contributed by atoms with Crippen molar-refractivity contribution in [1.29, 1.82) is 0 Å². The van der Waals surface area contributed by atoms with Crippen LogP contribution in [0.4, 0.5) is 17.6 Å². The average Bonchev–Trinajstić information content (AvgIpc) is 3.13. The maximum atomic E-state index is 13.1. The number of nitrogens with zero attached hydrogens (tertiary/aromatic N) is 2. The molecule has 1 aromatic carbocycles. The number of fused-ring (bicyclic) bond motifs is 1. The zero-order valence-electron chi connectivity index (χ0n) is 18.4. The molecular formula is C23H21F4N3O5. The van der Waals surface area contributed by atoms with Crippen LogP contribution in [0.25, 0.3) is 11.1 Å². The number of amides is 2. The van der Waals surface area contributed by atoms with Crippen molar-refractivity contribution in [2.75, 3.05) is 6.67 Å². The van der Waals surface area contributed by atoms with Gasteiger partial charge in [0, 0.05) is 23.9 Å². The fourth-order valence-corrected chi connectivity index (χ4v) is 3.82. The number of Topliss-reactive ketones (excluding diaryl/α,β-unsaturated/α-hetero) is 1. The fourth-order valence-electron chi connectivity index (χ4n) is 3.82. The molecule has 3 rings (SSSR count). The summed E-state index contributed by atoms with van der Waals surface area (Å²) in [4.78, 5) is 53.2. The lowest BCUT2D eigenvalue weighted by molar-refractivity contribution is -0.141. The molecule has 12 heteroatoms. The van der Waals surface area contributed by atoms with Crippen LogP contribution in [0.3, 0.4) is 0 Å². The van der Waals surface area contributed by atoms with E-state index in [1.165, 1.54) is 17.0 Å². The minimum absolute atomic E-state index is 0.0479. The van der Waals surface area contributed by atoms with Gasteiger partial charge in [-0.25, -0.2) is 4.39 Å². The van der Waals surface area contributed by atoms with Gasteiger partial charge in [-0.05, 0) is 29.7 Å². The Kier molecular flexibility index (Phi) is 7.51. The highest BCUT2D eigenvalue weighted by Crippen LogP contribution is 2.32. The topological polar surface area (TPSA) is 117 Å². The van der Waals surface area contributed by atoms with Crippen molar-refractivity contribution in [1.82, 2.24) is 15.2 Å². The number of ketones is 1. The Balaban J connectivity index is 1.80. The number of halogens is 4. The lowest BCUT2D eigenvalue weighted by atomic mass is 10.0. The Morgan fingerprint density at radius 2 is 1.86 bits per heavy atom. The molecule has 0 aliphatic carbocycles. The van der Waals surface area contributed by atoms with Crippen LogP contribution in [-0.4, -0.2) is 57.3 Å². The van der Waals surface area contributed by atoms with Crippen molar-refractivity contribution in [2.24, 2.45) is 0 Å². The smallest absolute Gasteiger partial charge is 0.433 e. The molecule has 0 fully saturated rings. The molecule has 0 bridgehead atoms. The SMILES string of the molecule is CCC(C(=O)NC(CC(=O)O)C(=O)CF)N1Cc2ccc(-c3ccc(C(F)(F)F)nc3)cc2C1=O. The van der Waals surface area contributed by atoms with E-state index in [1.807, 2.05) is 0 Å². The summed E-state index contributed by atoms with van der Waals surface area (Å²) in [5.74, 6) is -3.81. The number of carboxylic acid groups (broad SMARTS) is 1. The quantitative estimate of drug-likeness (QED) is 0.517. The minimum Gasteiger partial charge on any atom is -0.481 e. The lowest BCUT2D eigenvalue weighted by Gasteiger charge is -2.27. The number of rotatable bonds is 9. The van der Waals surface area contributed by atoms with Crippen molar-refractivity contribution in [3.63, 3.8) is 0 Å². The molecule has 1 aliphatic heterocycles. The van der Waals surface area contributed by atoms with Gasteiger partial charge in [0.1, 0.15) is 24.5 Å². The number of benzene rings is 1. The van der Waals surface area contributed by atoms with Crippen LogP contribution in [0.2, 0.25) is 0 Å². The summed E-state index contributed by atoms with van der Waals surface area (Å²) in [6.45, 7) is 0.208. The molecule has 0 saturated heterocycles. The maximum absolute atomic E-state index is 13.1. The third kappa shape index (κ3) is 5.64. The van der Waals surface area contributed by atoms with E-state index in [2.05, 4.69) is 10.3 Å². The summed E-state index contributed by atoms with van der Waals surface area (Å²) >= 11 is 0. The molecule has 2 unspecified atom stereocenters. The zero-order valence-corrected chi connectivity index (χ0v) is 18.4. The van der Waals surface area contributed by atoms with E-state index >= 15 is 0 Å². The normalized spacial score (nSPS) is 14.9. The summed E-state index contributed by atoms with van der Waals surface area (Å²) in [6, 6.07) is 4.16. The Morgan fingerprint density at radius 1 is 1.17 bits per heavy atom. The van der Waals surface area contributed by atoms with E-state index < -0.39 is 60.6 Å². The Morgan fingerprint density at radius 3 is 2.40 bits per heavy atom. The van der Waals surface area contributed by atoms with E-state index in [0.29, 0.717) is 16.7 Å². The van der Waals surface area contributed by atoms with Crippen LogP contribution < -0.4 is 5.32 Å². The number of pyridine rings is 1. The average molecular weight is 495 g/mol. The van der Waals surface area contributed by atoms with Gasteiger partial charge in [0.2, 0.25) is 5.91 Å². The third-order valence-corrected chi connectivity index (χ3v) is 5.61. The van der Waals surface area contributed by atoms with Gasteiger partial charge in [0.05, 0.1) is 6.42 Å². The predicted molar refractivity (Wildman–Crippen MR) is 114 cm³/mol. The van der Waals surface area contributed by atoms with Gasteiger partial charge in [-0.3, -0.25) is 24.2 Å². The number of aromatic nitrogens is 1. The predicted octanol–water partition coefficient (Wildman–Crippen LogP) is 3.00. The van der Waals surface area contributed by atoms with Gasteiger partial charge in [0.15, 0.2) is 5.78 Å².